The Kier molecular flexibility index (Phi) is 6.24. The molecule has 3 aromatic rings. The molecule has 0 radical (unpaired) electrons. The number of anilines is 2. The van der Waals surface area contributed by atoms with Crippen molar-refractivity contribution in [2.45, 2.75) is 27.3 Å². The Morgan fingerprint density at radius 1 is 1.04 bits per heavy atom. The zero-order valence-electron chi connectivity index (χ0n) is 16.7. The van der Waals surface area contributed by atoms with E-state index < -0.39 is 0 Å². The van der Waals surface area contributed by atoms with Crippen LogP contribution in [0.5, 0.6) is 0 Å². The summed E-state index contributed by atoms with van der Waals surface area (Å²) in [4.78, 5) is 11.7. The van der Waals surface area contributed by atoms with Crippen molar-refractivity contribution >= 4 is 22.8 Å². The monoisotopic (exact) mass is 367 g/mol. The Balaban J connectivity index is 1.75. The zero-order valence-corrected chi connectivity index (χ0v) is 16.7. The predicted molar refractivity (Wildman–Crippen MR) is 111 cm³/mol. The molecule has 0 spiro atoms. The lowest BCUT2D eigenvalue weighted by Gasteiger charge is -2.18. The number of likely N-dealkylation sites (N-methyl/N-ethyl adjacent to an activating group) is 1. The van der Waals surface area contributed by atoms with Gasteiger partial charge in [-0.2, -0.15) is 15.1 Å². The van der Waals surface area contributed by atoms with Crippen molar-refractivity contribution in [3.63, 3.8) is 0 Å². The van der Waals surface area contributed by atoms with Gasteiger partial charge in [0.15, 0.2) is 5.65 Å². The van der Waals surface area contributed by atoms with E-state index in [0.717, 1.165) is 43.0 Å². The molecule has 7 nitrogen and oxygen atoms in total. The molecular formula is C20H29N7. The lowest BCUT2D eigenvalue weighted by molar-refractivity contribution is 0.316. The maximum atomic E-state index is 4.69. The second kappa shape index (κ2) is 8.81. The smallest absolute Gasteiger partial charge is 0.226 e. The Morgan fingerprint density at radius 3 is 2.48 bits per heavy atom. The molecule has 3 rings (SSSR count). The molecular weight excluding hydrogens is 338 g/mol. The molecule has 0 saturated carbocycles. The normalized spacial score (nSPS) is 11.3. The van der Waals surface area contributed by atoms with Gasteiger partial charge in [-0.05, 0) is 25.6 Å². The molecule has 0 atom stereocenters. The molecule has 0 unspecified atom stereocenters. The van der Waals surface area contributed by atoms with Crippen molar-refractivity contribution in [1.82, 2.24) is 24.6 Å². The summed E-state index contributed by atoms with van der Waals surface area (Å²) in [6.45, 7) is 11.0. The highest BCUT2D eigenvalue weighted by atomic mass is 15.3. The molecule has 27 heavy (non-hydrogen) atoms. The van der Waals surface area contributed by atoms with Gasteiger partial charge in [0.2, 0.25) is 5.95 Å². The average Bonchev–Trinajstić information content (AvgIpc) is 3.06. The summed E-state index contributed by atoms with van der Waals surface area (Å²) < 4.78 is 1.78. The van der Waals surface area contributed by atoms with E-state index in [2.05, 4.69) is 70.7 Å². The Hall–Kier alpha value is -2.67. The SMILES string of the molecule is CCN(CC)CCNc1nc(NCc2ccc(C)cc2)c2cnn(C)c2n1. The second-order valence-electron chi connectivity index (χ2n) is 6.69. The Bertz CT molecular complexity index is 866. The van der Waals surface area contributed by atoms with Crippen LogP contribution < -0.4 is 10.6 Å². The Labute approximate surface area is 160 Å². The van der Waals surface area contributed by atoms with E-state index in [9.17, 15) is 0 Å². The highest BCUT2D eigenvalue weighted by Crippen LogP contribution is 2.22. The molecule has 0 saturated heterocycles. The van der Waals surface area contributed by atoms with Crippen LogP contribution in [-0.2, 0) is 13.6 Å². The lowest BCUT2D eigenvalue weighted by atomic mass is 10.1. The molecule has 0 fully saturated rings. The third kappa shape index (κ3) is 4.74. The Morgan fingerprint density at radius 2 is 1.78 bits per heavy atom. The van der Waals surface area contributed by atoms with Crippen LogP contribution in [0.15, 0.2) is 30.5 Å². The summed E-state index contributed by atoms with van der Waals surface area (Å²) in [6.07, 6.45) is 1.81. The van der Waals surface area contributed by atoms with Gasteiger partial charge < -0.3 is 15.5 Å². The fourth-order valence-corrected chi connectivity index (χ4v) is 2.99. The first-order valence-corrected chi connectivity index (χ1v) is 9.56. The summed E-state index contributed by atoms with van der Waals surface area (Å²) in [5, 5.41) is 12.1. The second-order valence-corrected chi connectivity index (χ2v) is 6.69. The van der Waals surface area contributed by atoms with E-state index >= 15 is 0 Å². The topological polar surface area (TPSA) is 70.9 Å². The minimum absolute atomic E-state index is 0.629. The maximum absolute atomic E-state index is 4.69. The van der Waals surface area contributed by atoms with Crippen molar-refractivity contribution in [3.8, 4) is 0 Å². The summed E-state index contributed by atoms with van der Waals surface area (Å²) >= 11 is 0. The van der Waals surface area contributed by atoms with E-state index in [1.807, 2.05) is 13.2 Å². The fraction of sp³-hybridized carbons (Fsp3) is 0.450. The first-order chi connectivity index (χ1) is 13.1. The van der Waals surface area contributed by atoms with Crippen LogP contribution in [-0.4, -0.2) is 50.8 Å². The molecule has 2 heterocycles. The number of hydrogen-bond acceptors (Lipinski definition) is 6. The van der Waals surface area contributed by atoms with E-state index in [0.29, 0.717) is 12.5 Å². The number of aromatic nitrogens is 4. The van der Waals surface area contributed by atoms with E-state index in [-0.39, 0.29) is 0 Å². The van der Waals surface area contributed by atoms with E-state index in [1.165, 1.54) is 11.1 Å². The van der Waals surface area contributed by atoms with E-state index in [1.54, 1.807) is 4.68 Å². The largest absolute Gasteiger partial charge is 0.365 e. The van der Waals surface area contributed by atoms with Crippen molar-refractivity contribution in [1.29, 1.82) is 0 Å². The molecule has 2 aromatic heterocycles. The van der Waals surface area contributed by atoms with Crippen LogP contribution in [0.2, 0.25) is 0 Å². The van der Waals surface area contributed by atoms with Crippen LogP contribution in [0, 0.1) is 6.92 Å². The van der Waals surface area contributed by atoms with Crippen molar-refractivity contribution in [2.75, 3.05) is 36.8 Å². The summed E-state index contributed by atoms with van der Waals surface area (Å²) in [7, 11) is 1.90. The number of rotatable bonds is 9. The predicted octanol–water partition coefficient (Wildman–Crippen LogP) is 3.04. The molecule has 0 amide bonds. The van der Waals surface area contributed by atoms with Crippen LogP contribution in [0.3, 0.4) is 0 Å². The van der Waals surface area contributed by atoms with Crippen LogP contribution in [0.4, 0.5) is 11.8 Å². The van der Waals surface area contributed by atoms with Crippen LogP contribution >= 0.6 is 0 Å². The first-order valence-electron chi connectivity index (χ1n) is 9.56. The first kappa shape index (κ1) is 19.1. The minimum Gasteiger partial charge on any atom is -0.365 e. The van der Waals surface area contributed by atoms with Gasteiger partial charge in [-0.3, -0.25) is 4.68 Å². The van der Waals surface area contributed by atoms with Gasteiger partial charge in [0.05, 0.1) is 11.6 Å². The van der Waals surface area contributed by atoms with Gasteiger partial charge >= 0.3 is 0 Å². The van der Waals surface area contributed by atoms with Crippen LogP contribution in [0.25, 0.3) is 11.0 Å². The van der Waals surface area contributed by atoms with Gasteiger partial charge in [0, 0.05) is 26.7 Å². The van der Waals surface area contributed by atoms with Crippen molar-refractivity contribution < 1.29 is 0 Å². The van der Waals surface area contributed by atoms with E-state index in [4.69, 9.17) is 4.98 Å². The number of fused-ring (bicyclic) bond motifs is 1. The summed E-state index contributed by atoms with van der Waals surface area (Å²) in [5.41, 5.74) is 3.30. The van der Waals surface area contributed by atoms with Gasteiger partial charge in [-0.1, -0.05) is 43.7 Å². The highest BCUT2D eigenvalue weighted by molar-refractivity contribution is 5.87. The molecule has 0 aliphatic rings. The molecule has 144 valence electrons. The van der Waals surface area contributed by atoms with Crippen molar-refractivity contribution in [2.24, 2.45) is 7.05 Å². The average molecular weight is 368 g/mol. The molecule has 1 aromatic carbocycles. The minimum atomic E-state index is 0.629. The third-order valence-corrected chi connectivity index (χ3v) is 4.78. The maximum Gasteiger partial charge on any atom is 0.226 e. The lowest BCUT2D eigenvalue weighted by Crippen LogP contribution is -2.29. The molecule has 0 aliphatic carbocycles. The zero-order chi connectivity index (χ0) is 19.2. The van der Waals surface area contributed by atoms with Gasteiger partial charge in [0.25, 0.3) is 0 Å². The number of nitrogens with zero attached hydrogens (tertiary/aromatic N) is 5. The number of aryl methyl sites for hydroxylation is 2. The number of hydrogen-bond donors (Lipinski definition) is 2. The van der Waals surface area contributed by atoms with Gasteiger partial charge in [0.1, 0.15) is 5.82 Å². The van der Waals surface area contributed by atoms with Gasteiger partial charge in [-0.15, -0.1) is 0 Å². The molecule has 2 N–H and O–H groups in total. The number of benzene rings is 1. The quantitative estimate of drug-likeness (QED) is 0.606. The summed E-state index contributed by atoms with van der Waals surface area (Å²) in [5.74, 6) is 1.43. The van der Waals surface area contributed by atoms with Gasteiger partial charge in [-0.25, -0.2) is 0 Å². The van der Waals surface area contributed by atoms with Crippen LogP contribution in [0.1, 0.15) is 25.0 Å². The molecule has 7 heteroatoms. The third-order valence-electron chi connectivity index (χ3n) is 4.78. The highest BCUT2D eigenvalue weighted by Gasteiger charge is 2.11. The fourth-order valence-electron chi connectivity index (χ4n) is 2.99. The summed E-state index contributed by atoms with van der Waals surface area (Å²) in [6, 6.07) is 8.51. The number of nitrogens with one attached hydrogen (secondary N) is 2. The molecule has 0 bridgehead atoms. The molecule has 0 aliphatic heterocycles. The standard InChI is InChI=1S/C20H29N7/c1-5-27(6-2)12-11-21-20-24-18(17-14-23-26(4)19(17)25-20)22-13-16-9-7-15(3)8-10-16/h7-10,14H,5-6,11-13H2,1-4H3,(H2,21,22,24,25). The van der Waals surface area contributed by atoms with Crippen molar-refractivity contribution in [3.05, 3.63) is 41.6 Å².